The second kappa shape index (κ2) is 5.30. The quantitative estimate of drug-likeness (QED) is 0.496. The Kier molecular flexibility index (Phi) is 4.04. The third-order valence-electron chi connectivity index (χ3n) is 1.95. The lowest BCUT2D eigenvalue weighted by molar-refractivity contribution is 0.266. The van der Waals surface area contributed by atoms with Crippen molar-refractivity contribution in [3.63, 3.8) is 0 Å². The van der Waals surface area contributed by atoms with E-state index in [9.17, 15) is 9.59 Å². The molecular weight excluding hydrogens is 200 g/mol. The largest absolute Gasteiger partial charge is 0.396 e. The summed E-state index contributed by atoms with van der Waals surface area (Å²) >= 11 is 0. The summed E-state index contributed by atoms with van der Waals surface area (Å²) in [6, 6.07) is 0. The molecule has 1 aromatic rings. The Hall–Kier alpha value is -1.63. The Balaban J connectivity index is 2.58. The third-order valence-corrected chi connectivity index (χ3v) is 1.95. The lowest BCUT2D eigenvalue weighted by atomic mass is 10.1. The number of rotatable bonds is 5. The van der Waals surface area contributed by atoms with E-state index >= 15 is 0 Å². The van der Waals surface area contributed by atoms with Crippen molar-refractivity contribution >= 4 is 5.82 Å². The molecule has 0 saturated carbocycles. The van der Waals surface area contributed by atoms with Crippen LogP contribution in [0.5, 0.6) is 0 Å². The molecule has 1 atom stereocenters. The molecule has 0 amide bonds. The summed E-state index contributed by atoms with van der Waals surface area (Å²) in [5.74, 6) is 0.308. The molecule has 84 valence electrons. The molecule has 15 heavy (non-hydrogen) atoms. The van der Waals surface area contributed by atoms with Gasteiger partial charge in [0.25, 0.3) is 5.56 Å². The topological polar surface area (TPSA) is 111 Å². The van der Waals surface area contributed by atoms with Crippen LogP contribution < -0.4 is 16.6 Å². The fraction of sp³-hybridized carbons (Fsp3) is 0.625. The Morgan fingerprint density at radius 1 is 1.53 bits per heavy atom. The molecule has 7 heteroatoms. The second-order valence-corrected chi connectivity index (χ2v) is 3.35. The minimum atomic E-state index is -0.631. The number of nitrogens with zero attached hydrogens (tertiary/aromatic N) is 1. The first kappa shape index (κ1) is 11.4. The summed E-state index contributed by atoms with van der Waals surface area (Å²) < 4.78 is 0. The second-order valence-electron chi connectivity index (χ2n) is 3.35. The zero-order chi connectivity index (χ0) is 11.3. The molecule has 4 N–H and O–H groups in total. The maximum Gasteiger partial charge on any atom is 0.342 e. The van der Waals surface area contributed by atoms with Crippen molar-refractivity contribution in [1.29, 1.82) is 0 Å². The smallest absolute Gasteiger partial charge is 0.342 e. The van der Waals surface area contributed by atoms with Crippen LogP contribution in [0.4, 0.5) is 5.82 Å². The number of anilines is 1. The van der Waals surface area contributed by atoms with E-state index in [4.69, 9.17) is 5.11 Å². The van der Waals surface area contributed by atoms with Crippen molar-refractivity contribution in [2.75, 3.05) is 18.5 Å². The van der Waals surface area contributed by atoms with E-state index < -0.39 is 11.2 Å². The van der Waals surface area contributed by atoms with Crippen molar-refractivity contribution in [3.05, 3.63) is 20.8 Å². The minimum Gasteiger partial charge on any atom is -0.396 e. The number of nitrogens with one attached hydrogen (secondary N) is 3. The van der Waals surface area contributed by atoms with Gasteiger partial charge in [-0.15, -0.1) is 5.10 Å². The number of aliphatic hydroxyl groups is 1. The van der Waals surface area contributed by atoms with Crippen molar-refractivity contribution in [3.8, 4) is 0 Å². The highest BCUT2D eigenvalue weighted by Gasteiger charge is 2.04. The van der Waals surface area contributed by atoms with Gasteiger partial charge in [0.2, 0.25) is 5.82 Å². The summed E-state index contributed by atoms with van der Waals surface area (Å²) in [6.07, 6.45) is 0.647. The van der Waals surface area contributed by atoms with Crippen molar-refractivity contribution in [2.24, 2.45) is 5.92 Å². The van der Waals surface area contributed by atoms with Gasteiger partial charge in [-0.05, 0) is 12.3 Å². The Labute approximate surface area is 85.6 Å². The summed E-state index contributed by atoms with van der Waals surface area (Å²) in [7, 11) is 0. The van der Waals surface area contributed by atoms with Crippen LogP contribution in [0.3, 0.4) is 0 Å². The average molecular weight is 214 g/mol. The van der Waals surface area contributed by atoms with E-state index in [0.717, 1.165) is 0 Å². The SMILES string of the molecule is CC(CCO)CNc1n[nH]c(=O)[nH]c1=O. The van der Waals surface area contributed by atoms with Gasteiger partial charge in [0.05, 0.1) is 0 Å². The zero-order valence-electron chi connectivity index (χ0n) is 8.41. The molecule has 1 unspecified atom stereocenters. The molecule has 0 bridgehead atoms. The summed E-state index contributed by atoms with van der Waals surface area (Å²) in [4.78, 5) is 23.9. The molecule has 0 aliphatic heterocycles. The predicted molar refractivity (Wildman–Crippen MR) is 54.8 cm³/mol. The van der Waals surface area contributed by atoms with E-state index in [1.54, 1.807) is 0 Å². The maximum absolute atomic E-state index is 11.2. The predicted octanol–water partition coefficient (Wildman–Crippen LogP) is -1.11. The van der Waals surface area contributed by atoms with Crippen LogP contribution >= 0.6 is 0 Å². The van der Waals surface area contributed by atoms with Crippen LogP contribution in [0.2, 0.25) is 0 Å². The van der Waals surface area contributed by atoms with E-state index in [1.807, 2.05) is 6.92 Å². The van der Waals surface area contributed by atoms with Gasteiger partial charge >= 0.3 is 5.69 Å². The maximum atomic E-state index is 11.2. The highest BCUT2D eigenvalue weighted by atomic mass is 16.3. The monoisotopic (exact) mass is 214 g/mol. The number of aromatic nitrogens is 3. The molecule has 0 aromatic carbocycles. The number of aliphatic hydroxyl groups excluding tert-OH is 1. The Morgan fingerprint density at radius 3 is 2.87 bits per heavy atom. The molecule has 0 saturated heterocycles. The fourth-order valence-corrected chi connectivity index (χ4v) is 1.06. The normalized spacial score (nSPS) is 12.4. The molecule has 1 rings (SSSR count). The first-order valence-corrected chi connectivity index (χ1v) is 4.67. The Morgan fingerprint density at radius 2 is 2.27 bits per heavy atom. The van der Waals surface area contributed by atoms with Gasteiger partial charge in [-0.1, -0.05) is 6.92 Å². The molecule has 7 nitrogen and oxygen atoms in total. The number of hydrogen-bond acceptors (Lipinski definition) is 5. The molecule has 0 aliphatic carbocycles. The van der Waals surface area contributed by atoms with Gasteiger partial charge in [-0.3, -0.25) is 9.78 Å². The minimum absolute atomic E-state index is 0.0828. The standard InChI is InChI=1S/C8H14N4O3/c1-5(2-3-13)4-9-6-7(14)10-8(15)12-11-6/h5,13H,2-4H2,1H3,(H,9,11)(H2,10,12,14,15). The molecule has 0 radical (unpaired) electrons. The molecule has 0 aliphatic rings. The van der Waals surface area contributed by atoms with Crippen LogP contribution in [0.15, 0.2) is 9.59 Å². The van der Waals surface area contributed by atoms with Gasteiger partial charge in [0.1, 0.15) is 0 Å². The van der Waals surface area contributed by atoms with Crippen LogP contribution in [0.1, 0.15) is 13.3 Å². The molecule has 0 spiro atoms. The first-order chi connectivity index (χ1) is 7.13. The van der Waals surface area contributed by atoms with Crippen molar-refractivity contribution in [1.82, 2.24) is 15.2 Å². The van der Waals surface area contributed by atoms with E-state index in [1.165, 1.54) is 0 Å². The molecular formula is C8H14N4O3. The molecule has 1 aromatic heterocycles. The van der Waals surface area contributed by atoms with E-state index in [-0.39, 0.29) is 18.3 Å². The van der Waals surface area contributed by atoms with Gasteiger partial charge in [-0.25, -0.2) is 9.89 Å². The lowest BCUT2D eigenvalue weighted by Crippen LogP contribution is -2.28. The summed E-state index contributed by atoms with van der Waals surface area (Å²) in [5, 5.41) is 17.1. The highest BCUT2D eigenvalue weighted by Crippen LogP contribution is 2.00. The van der Waals surface area contributed by atoms with Gasteiger partial charge in [-0.2, -0.15) is 0 Å². The van der Waals surface area contributed by atoms with Crippen molar-refractivity contribution in [2.45, 2.75) is 13.3 Å². The first-order valence-electron chi connectivity index (χ1n) is 4.67. The fourth-order valence-electron chi connectivity index (χ4n) is 1.06. The summed E-state index contributed by atoms with van der Waals surface area (Å²) in [6.45, 7) is 2.56. The molecule has 1 heterocycles. The van der Waals surface area contributed by atoms with E-state index in [2.05, 4.69) is 20.5 Å². The average Bonchev–Trinajstić information content (AvgIpc) is 2.17. The number of hydrogen-bond donors (Lipinski definition) is 4. The number of H-pyrrole nitrogens is 2. The van der Waals surface area contributed by atoms with Crippen LogP contribution in [-0.2, 0) is 0 Å². The van der Waals surface area contributed by atoms with Gasteiger partial charge in [0, 0.05) is 13.2 Å². The zero-order valence-corrected chi connectivity index (χ0v) is 8.41. The van der Waals surface area contributed by atoms with Crippen molar-refractivity contribution < 1.29 is 5.11 Å². The van der Waals surface area contributed by atoms with Crippen LogP contribution in [0, 0.1) is 5.92 Å². The van der Waals surface area contributed by atoms with Crippen LogP contribution in [0.25, 0.3) is 0 Å². The number of aromatic amines is 2. The highest BCUT2D eigenvalue weighted by molar-refractivity contribution is 5.28. The van der Waals surface area contributed by atoms with E-state index in [0.29, 0.717) is 13.0 Å². The molecule has 0 fully saturated rings. The van der Waals surface area contributed by atoms with Gasteiger partial charge in [0.15, 0.2) is 0 Å². The Bertz CT molecular complexity index is 411. The third kappa shape index (κ3) is 3.55. The summed E-state index contributed by atoms with van der Waals surface area (Å²) in [5.41, 5.74) is -1.18. The van der Waals surface area contributed by atoms with Crippen LogP contribution in [-0.4, -0.2) is 33.4 Å². The van der Waals surface area contributed by atoms with Gasteiger partial charge < -0.3 is 10.4 Å². The lowest BCUT2D eigenvalue weighted by Gasteiger charge is -2.09.